The van der Waals surface area contributed by atoms with Crippen LogP contribution >= 0.6 is 7.82 Å². The van der Waals surface area contributed by atoms with E-state index in [0.29, 0.717) is 23.9 Å². The summed E-state index contributed by atoms with van der Waals surface area (Å²) < 4.78 is 22.7. The minimum Gasteiger partial charge on any atom is -0.756 e. The van der Waals surface area contributed by atoms with Crippen LogP contribution in [0.25, 0.3) is 0 Å². The van der Waals surface area contributed by atoms with E-state index in [-0.39, 0.29) is 12.5 Å². The van der Waals surface area contributed by atoms with Crippen LogP contribution < -0.4 is 10.2 Å². The summed E-state index contributed by atoms with van der Waals surface area (Å²) in [5.74, 6) is -0.247. The number of amides is 1. The van der Waals surface area contributed by atoms with Gasteiger partial charge in [0, 0.05) is 6.42 Å². The average Bonchev–Trinajstić information content (AvgIpc) is 2.95. The fraction of sp³-hybridized carbons (Fsp3) is 0.629. The van der Waals surface area contributed by atoms with Gasteiger partial charge in [0.2, 0.25) is 5.91 Å². The Kier molecular flexibility index (Phi) is 26.0. The number of allylic oxidation sites excluding steroid dienone is 11. The molecule has 1 amide bonds. The second kappa shape index (κ2) is 27.3. The predicted octanol–water partition coefficient (Wildman–Crippen LogP) is 7.10. The van der Waals surface area contributed by atoms with Crippen molar-refractivity contribution < 1.29 is 32.9 Å². The maximum Gasteiger partial charge on any atom is 0.268 e. The molecule has 0 spiro atoms. The van der Waals surface area contributed by atoms with Gasteiger partial charge in [-0.1, -0.05) is 99.6 Å². The van der Waals surface area contributed by atoms with E-state index >= 15 is 0 Å². The van der Waals surface area contributed by atoms with Crippen molar-refractivity contribution in [3.8, 4) is 0 Å². The lowest BCUT2D eigenvalue weighted by Gasteiger charge is -2.29. The number of carbonyl (C=O) groups excluding carboxylic acids is 1. The summed E-state index contributed by atoms with van der Waals surface area (Å²) in [6, 6.07) is -0.902. The summed E-state index contributed by atoms with van der Waals surface area (Å²) in [4.78, 5) is 24.8. The number of carbonyl (C=O) groups is 1. The fourth-order valence-electron chi connectivity index (χ4n) is 3.77. The molecule has 9 heteroatoms. The van der Waals surface area contributed by atoms with Gasteiger partial charge in [-0.15, -0.1) is 0 Å². The molecule has 0 radical (unpaired) electrons. The number of aliphatic hydroxyl groups is 1. The quantitative estimate of drug-likeness (QED) is 0.0431. The SMILES string of the molecule is CC/C=C\C/C=C\C/C=C\C/C=C\C/C=C\CCCCCC(=O)NC(COP(=O)([O-])OCC[N+](C)(C)C)C(O)/C=C/CCC. The zero-order valence-electron chi connectivity index (χ0n) is 28.1. The van der Waals surface area contributed by atoms with E-state index in [1.807, 2.05) is 34.1 Å². The highest BCUT2D eigenvalue weighted by atomic mass is 31.2. The maximum absolute atomic E-state index is 12.6. The van der Waals surface area contributed by atoms with Gasteiger partial charge in [-0.05, 0) is 57.8 Å². The van der Waals surface area contributed by atoms with Crippen molar-refractivity contribution >= 4 is 13.7 Å². The van der Waals surface area contributed by atoms with Crippen LogP contribution in [-0.4, -0.2) is 68.5 Å². The van der Waals surface area contributed by atoms with Gasteiger partial charge in [-0.25, -0.2) is 0 Å². The van der Waals surface area contributed by atoms with Gasteiger partial charge < -0.3 is 28.8 Å². The highest BCUT2D eigenvalue weighted by molar-refractivity contribution is 7.45. The Bertz CT molecular complexity index is 949. The lowest BCUT2D eigenvalue weighted by molar-refractivity contribution is -0.870. The molecule has 3 atom stereocenters. The van der Waals surface area contributed by atoms with Crippen molar-refractivity contribution in [2.75, 3.05) is 40.9 Å². The van der Waals surface area contributed by atoms with Crippen LogP contribution in [0.3, 0.4) is 0 Å². The Balaban J connectivity index is 4.32. The molecule has 0 aliphatic heterocycles. The number of hydrogen-bond acceptors (Lipinski definition) is 6. The molecule has 0 bridgehead atoms. The number of unbranched alkanes of at least 4 members (excludes halogenated alkanes) is 4. The molecule has 0 aliphatic rings. The van der Waals surface area contributed by atoms with Crippen molar-refractivity contribution in [1.29, 1.82) is 0 Å². The molecule has 0 heterocycles. The van der Waals surface area contributed by atoms with E-state index in [2.05, 4.69) is 73.0 Å². The molecule has 0 aromatic carbocycles. The number of nitrogens with one attached hydrogen (secondary N) is 1. The van der Waals surface area contributed by atoms with E-state index in [1.54, 1.807) is 6.08 Å². The Labute approximate surface area is 268 Å². The molecule has 0 saturated carbocycles. The van der Waals surface area contributed by atoms with Crippen molar-refractivity contribution in [2.45, 2.75) is 103 Å². The second-order valence-electron chi connectivity index (χ2n) is 11.8. The topological polar surface area (TPSA) is 108 Å². The number of rotatable bonds is 27. The largest absolute Gasteiger partial charge is 0.756 e. The molecular weight excluding hydrogens is 575 g/mol. The fourth-order valence-corrected chi connectivity index (χ4v) is 4.49. The first-order valence-corrected chi connectivity index (χ1v) is 17.8. The molecular formula is C35H61N2O6P. The maximum atomic E-state index is 12.6. The second-order valence-corrected chi connectivity index (χ2v) is 13.2. The minimum atomic E-state index is -4.57. The molecule has 0 aliphatic carbocycles. The molecule has 0 aromatic heterocycles. The summed E-state index contributed by atoms with van der Waals surface area (Å²) in [5, 5.41) is 13.3. The Morgan fingerprint density at radius 3 is 1.93 bits per heavy atom. The van der Waals surface area contributed by atoms with Crippen LogP contribution in [0, 0.1) is 0 Å². The third kappa shape index (κ3) is 28.7. The molecule has 3 unspecified atom stereocenters. The first-order chi connectivity index (χ1) is 21.0. The molecule has 0 saturated heterocycles. The number of quaternary nitrogens is 1. The number of phosphoric acid groups is 1. The molecule has 0 fully saturated rings. The van der Waals surface area contributed by atoms with Gasteiger partial charge >= 0.3 is 0 Å². The number of likely N-dealkylation sites (N-methyl/N-ethyl adjacent to an activating group) is 1. The normalized spacial score (nSPS) is 15.9. The van der Waals surface area contributed by atoms with Crippen LogP contribution in [0.1, 0.15) is 90.9 Å². The van der Waals surface area contributed by atoms with Gasteiger partial charge in [-0.3, -0.25) is 9.36 Å². The third-order valence-corrected chi connectivity index (χ3v) is 7.37. The molecule has 44 heavy (non-hydrogen) atoms. The Morgan fingerprint density at radius 2 is 1.39 bits per heavy atom. The predicted molar refractivity (Wildman–Crippen MR) is 182 cm³/mol. The lowest BCUT2D eigenvalue weighted by atomic mass is 10.1. The van der Waals surface area contributed by atoms with Crippen molar-refractivity contribution in [3.05, 3.63) is 72.9 Å². The Morgan fingerprint density at radius 1 is 0.818 bits per heavy atom. The standard InChI is InChI=1S/C35H61N2O6P/c1-6-8-10-11-12-13-14-15-16-17-18-19-20-21-22-23-24-25-27-29-35(39)36-33(34(38)28-26-9-7-2)32-43-44(40,41)42-31-30-37(3,4)5/h8,10,12-13,15-16,18-19,21-22,26,28,33-34,38H,6-7,9,11,14,17,20,23-25,27,29-32H2,1-5H3,(H-,36,39,40,41)/b10-8-,13-12-,16-15-,19-18-,22-21-,28-26+. The van der Waals surface area contributed by atoms with E-state index in [0.717, 1.165) is 64.2 Å². The van der Waals surface area contributed by atoms with Gasteiger partial charge in [0.25, 0.3) is 7.82 Å². The van der Waals surface area contributed by atoms with Crippen LogP contribution in [0.2, 0.25) is 0 Å². The van der Waals surface area contributed by atoms with E-state index in [4.69, 9.17) is 9.05 Å². The first kappa shape index (κ1) is 41.9. The van der Waals surface area contributed by atoms with Crippen LogP contribution in [0.15, 0.2) is 72.9 Å². The molecule has 0 rings (SSSR count). The summed E-state index contributed by atoms with van der Waals surface area (Å²) >= 11 is 0. The van der Waals surface area contributed by atoms with Crippen molar-refractivity contribution in [2.24, 2.45) is 0 Å². The average molecular weight is 637 g/mol. The van der Waals surface area contributed by atoms with Crippen molar-refractivity contribution in [3.63, 3.8) is 0 Å². The zero-order chi connectivity index (χ0) is 32.9. The summed E-state index contributed by atoms with van der Waals surface area (Å²) in [6.07, 6.45) is 34.6. The zero-order valence-corrected chi connectivity index (χ0v) is 29.0. The monoisotopic (exact) mass is 636 g/mol. The smallest absolute Gasteiger partial charge is 0.268 e. The third-order valence-electron chi connectivity index (χ3n) is 6.40. The van der Waals surface area contributed by atoms with Gasteiger partial charge in [0.15, 0.2) is 0 Å². The Hall–Kier alpha value is -2.06. The molecule has 0 aromatic rings. The summed E-state index contributed by atoms with van der Waals surface area (Å²) in [7, 11) is 1.21. The van der Waals surface area contributed by atoms with Crippen LogP contribution in [0.4, 0.5) is 0 Å². The summed E-state index contributed by atoms with van der Waals surface area (Å²) in [5.41, 5.74) is 0. The lowest BCUT2D eigenvalue weighted by Crippen LogP contribution is -2.45. The van der Waals surface area contributed by atoms with E-state index in [9.17, 15) is 19.4 Å². The van der Waals surface area contributed by atoms with Crippen LogP contribution in [0.5, 0.6) is 0 Å². The minimum absolute atomic E-state index is 0.0140. The number of nitrogens with zero attached hydrogens (tertiary/aromatic N) is 1. The van der Waals surface area contributed by atoms with Gasteiger partial charge in [0.1, 0.15) is 13.2 Å². The van der Waals surface area contributed by atoms with Gasteiger partial charge in [-0.2, -0.15) is 0 Å². The van der Waals surface area contributed by atoms with Crippen molar-refractivity contribution in [1.82, 2.24) is 5.32 Å². The van der Waals surface area contributed by atoms with Gasteiger partial charge in [0.05, 0.1) is 39.9 Å². The highest BCUT2D eigenvalue weighted by Gasteiger charge is 2.23. The molecule has 252 valence electrons. The molecule has 8 nitrogen and oxygen atoms in total. The van der Waals surface area contributed by atoms with Crippen LogP contribution in [-0.2, 0) is 18.4 Å². The highest BCUT2D eigenvalue weighted by Crippen LogP contribution is 2.38. The number of hydrogen-bond donors (Lipinski definition) is 2. The first-order valence-electron chi connectivity index (χ1n) is 16.3. The molecule has 2 N–H and O–H groups in total. The van der Waals surface area contributed by atoms with E-state index < -0.39 is 26.6 Å². The van der Waals surface area contributed by atoms with E-state index in [1.165, 1.54) is 0 Å². The summed E-state index contributed by atoms with van der Waals surface area (Å²) in [6.45, 7) is 4.22. The number of phosphoric ester groups is 1. The number of aliphatic hydroxyl groups excluding tert-OH is 1.